The number of carbonyl (C=O) groups excluding carboxylic acids is 1. The molecular weight excluding hydrogens is 476 g/mol. The first-order valence-corrected chi connectivity index (χ1v) is 14.6. The van der Waals surface area contributed by atoms with E-state index in [2.05, 4.69) is 43.0 Å². The number of nitrogens with zero attached hydrogens (tertiary/aromatic N) is 3. The van der Waals surface area contributed by atoms with Crippen LogP contribution in [-0.2, 0) is 0 Å². The van der Waals surface area contributed by atoms with Crippen LogP contribution >= 0.6 is 15.9 Å². The lowest BCUT2D eigenvalue weighted by molar-refractivity contribution is 0.0952. The summed E-state index contributed by atoms with van der Waals surface area (Å²) in [5.41, 5.74) is 0.663. The van der Waals surface area contributed by atoms with Crippen LogP contribution in [0.1, 0.15) is 101 Å². The number of piperazine rings is 1. The minimum Gasteiger partial charge on any atom is -0.354 e. The molecule has 1 aromatic rings. The molecule has 0 spiro atoms. The third kappa shape index (κ3) is 12.2. The second-order valence-corrected chi connectivity index (χ2v) is 10.2. The van der Waals surface area contributed by atoms with Gasteiger partial charge in [-0.05, 0) is 37.9 Å². The minimum absolute atomic E-state index is 0.00190. The average molecular weight is 524 g/mol. The third-order valence-electron chi connectivity index (χ3n) is 6.59. The quantitative estimate of drug-likeness (QED) is 0.178. The lowest BCUT2D eigenvalue weighted by atomic mass is 10.1. The van der Waals surface area contributed by atoms with Crippen LogP contribution in [0.15, 0.2) is 18.3 Å². The Morgan fingerprint density at radius 3 is 1.97 bits per heavy atom. The molecule has 0 atom stereocenters. The van der Waals surface area contributed by atoms with E-state index < -0.39 is 0 Å². The Hall–Kier alpha value is -1.14. The van der Waals surface area contributed by atoms with Gasteiger partial charge < -0.3 is 10.2 Å². The topological polar surface area (TPSA) is 48.5 Å². The molecule has 0 aromatic carbocycles. The fraction of sp³-hybridized carbons (Fsp3) is 0.778. The van der Waals surface area contributed by atoms with Gasteiger partial charge in [0.1, 0.15) is 5.82 Å². The Morgan fingerprint density at radius 1 is 0.879 bits per heavy atom. The molecule has 1 aromatic heterocycles. The van der Waals surface area contributed by atoms with Crippen molar-refractivity contribution in [2.75, 3.05) is 49.5 Å². The summed E-state index contributed by atoms with van der Waals surface area (Å²) in [4.78, 5) is 21.8. The summed E-state index contributed by atoms with van der Waals surface area (Å²) in [5.74, 6) is 0.982. The zero-order chi connectivity index (χ0) is 23.6. The number of aromatic nitrogens is 1. The van der Waals surface area contributed by atoms with Crippen molar-refractivity contribution in [2.45, 2.75) is 90.4 Å². The van der Waals surface area contributed by atoms with E-state index in [0.717, 1.165) is 50.3 Å². The first-order chi connectivity index (χ1) is 16.2. The molecule has 2 rings (SSSR count). The molecule has 188 valence electrons. The Balaban J connectivity index is 1.46. The third-order valence-corrected chi connectivity index (χ3v) is 7.15. The maximum Gasteiger partial charge on any atom is 0.252 e. The first-order valence-electron chi connectivity index (χ1n) is 13.5. The number of carbonyl (C=O) groups is 1. The highest BCUT2D eigenvalue weighted by Gasteiger charge is 2.17. The predicted molar refractivity (Wildman–Crippen MR) is 145 cm³/mol. The van der Waals surface area contributed by atoms with Gasteiger partial charge in [0, 0.05) is 44.3 Å². The van der Waals surface area contributed by atoms with Gasteiger partial charge >= 0.3 is 0 Å². The van der Waals surface area contributed by atoms with Crippen LogP contribution in [0, 0.1) is 0 Å². The second kappa shape index (κ2) is 18.2. The van der Waals surface area contributed by atoms with E-state index >= 15 is 0 Å². The fourth-order valence-corrected chi connectivity index (χ4v) is 4.91. The Morgan fingerprint density at radius 2 is 1.45 bits per heavy atom. The number of rotatable bonds is 18. The SMILES string of the molecule is CCCN1CCN(c2ccc(C(=O)NCCCCCCCCCCCCCCBr)cn2)CC1. The number of hydrogen-bond acceptors (Lipinski definition) is 4. The molecule has 0 bridgehead atoms. The van der Waals surface area contributed by atoms with Crippen LogP contribution in [0.2, 0.25) is 0 Å². The molecule has 0 unspecified atom stereocenters. The van der Waals surface area contributed by atoms with Crippen molar-refractivity contribution in [1.82, 2.24) is 15.2 Å². The molecule has 1 N–H and O–H groups in total. The number of anilines is 1. The van der Waals surface area contributed by atoms with Gasteiger partial charge in [-0.1, -0.05) is 87.1 Å². The van der Waals surface area contributed by atoms with E-state index in [-0.39, 0.29) is 5.91 Å². The monoisotopic (exact) mass is 522 g/mol. The maximum absolute atomic E-state index is 12.4. The van der Waals surface area contributed by atoms with E-state index in [1.165, 1.54) is 83.6 Å². The summed E-state index contributed by atoms with van der Waals surface area (Å²) in [6.07, 6.45) is 18.8. The van der Waals surface area contributed by atoms with E-state index in [9.17, 15) is 4.79 Å². The number of hydrogen-bond donors (Lipinski definition) is 1. The molecule has 0 aliphatic carbocycles. The molecule has 0 radical (unpaired) electrons. The van der Waals surface area contributed by atoms with Crippen molar-refractivity contribution in [2.24, 2.45) is 0 Å². The summed E-state index contributed by atoms with van der Waals surface area (Å²) in [5, 5.41) is 4.21. The summed E-state index contributed by atoms with van der Waals surface area (Å²) >= 11 is 3.49. The molecule has 1 aliphatic rings. The number of alkyl halides is 1. The van der Waals surface area contributed by atoms with Crippen LogP contribution in [0.4, 0.5) is 5.82 Å². The second-order valence-electron chi connectivity index (χ2n) is 9.42. The normalized spacial score (nSPS) is 14.5. The molecule has 2 heterocycles. The maximum atomic E-state index is 12.4. The van der Waals surface area contributed by atoms with Gasteiger partial charge in [0.25, 0.3) is 5.91 Å². The highest BCUT2D eigenvalue weighted by Crippen LogP contribution is 2.15. The van der Waals surface area contributed by atoms with Crippen molar-refractivity contribution in [3.63, 3.8) is 0 Å². The zero-order valence-corrected chi connectivity index (χ0v) is 22.6. The predicted octanol–water partition coefficient (Wildman–Crippen LogP) is 6.42. The van der Waals surface area contributed by atoms with Crippen LogP contribution in [0.25, 0.3) is 0 Å². The first kappa shape index (κ1) is 28.1. The molecule has 1 aliphatic heterocycles. The smallest absolute Gasteiger partial charge is 0.252 e. The van der Waals surface area contributed by atoms with Gasteiger partial charge in [-0.2, -0.15) is 0 Å². The largest absolute Gasteiger partial charge is 0.354 e. The molecular formula is C27H47BrN4O. The molecule has 1 amide bonds. The summed E-state index contributed by atoms with van der Waals surface area (Å²) in [6.45, 7) is 8.37. The van der Waals surface area contributed by atoms with Crippen molar-refractivity contribution in [3.05, 3.63) is 23.9 Å². The molecule has 0 saturated carbocycles. The average Bonchev–Trinajstić information content (AvgIpc) is 2.85. The van der Waals surface area contributed by atoms with Crippen LogP contribution in [0.5, 0.6) is 0 Å². The van der Waals surface area contributed by atoms with E-state index in [1.807, 2.05) is 12.1 Å². The minimum atomic E-state index is -0.00190. The number of unbranched alkanes of at least 4 members (excludes halogenated alkanes) is 11. The summed E-state index contributed by atoms with van der Waals surface area (Å²) in [6, 6.07) is 3.91. The zero-order valence-electron chi connectivity index (χ0n) is 21.0. The van der Waals surface area contributed by atoms with Crippen LogP contribution in [-0.4, -0.2) is 60.4 Å². The molecule has 1 fully saturated rings. The molecule has 5 nitrogen and oxygen atoms in total. The van der Waals surface area contributed by atoms with E-state index in [0.29, 0.717) is 5.56 Å². The van der Waals surface area contributed by atoms with Crippen LogP contribution < -0.4 is 10.2 Å². The van der Waals surface area contributed by atoms with E-state index in [4.69, 9.17) is 0 Å². The summed E-state index contributed by atoms with van der Waals surface area (Å²) < 4.78 is 0. The Kier molecular flexibility index (Phi) is 15.5. The number of halogens is 1. The Bertz CT molecular complexity index is 617. The molecule has 6 heteroatoms. The standard InChI is InChI=1S/C27H47BrN4O/c1-2-19-31-20-22-32(23-21-31)26-16-15-25(24-30-26)27(33)29-18-14-12-10-8-6-4-3-5-7-9-11-13-17-28/h15-16,24H,2-14,17-23H2,1H3,(H,29,33). The van der Waals surface area contributed by atoms with Gasteiger partial charge in [0.2, 0.25) is 0 Å². The number of amides is 1. The van der Waals surface area contributed by atoms with Crippen molar-refractivity contribution in [1.29, 1.82) is 0 Å². The lowest BCUT2D eigenvalue weighted by Gasteiger charge is -2.35. The molecule has 1 saturated heterocycles. The highest BCUT2D eigenvalue weighted by molar-refractivity contribution is 9.09. The lowest BCUT2D eigenvalue weighted by Crippen LogP contribution is -2.46. The highest BCUT2D eigenvalue weighted by atomic mass is 79.9. The van der Waals surface area contributed by atoms with Gasteiger partial charge in [-0.15, -0.1) is 0 Å². The summed E-state index contributed by atoms with van der Waals surface area (Å²) in [7, 11) is 0. The van der Waals surface area contributed by atoms with Gasteiger partial charge in [-0.25, -0.2) is 4.98 Å². The van der Waals surface area contributed by atoms with Crippen molar-refractivity contribution in [3.8, 4) is 0 Å². The van der Waals surface area contributed by atoms with Gasteiger partial charge in [0.05, 0.1) is 5.56 Å². The van der Waals surface area contributed by atoms with Crippen molar-refractivity contribution >= 4 is 27.7 Å². The molecule has 33 heavy (non-hydrogen) atoms. The van der Waals surface area contributed by atoms with Gasteiger partial charge in [0.15, 0.2) is 0 Å². The van der Waals surface area contributed by atoms with Crippen LogP contribution in [0.3, 0.4) is 0 Å². The fourth-order valence-electron chi connectivity index (χ4n) is 4.52. The van der Waals surface area contributed by atoms with Crippen molar-refractivity contribution < 1.29 is 4.79 Å². The number of nitrogens with one attached hydrogen (secondary N) is 1. The Labute approximate surface area is 211 Å². The van der Waals surface area contributed by atoms with Gasteiger partial charge in [-0.3, -0.25) is 9.69 Å². The number of pyridine rings is 1. The van der Waals surface area contributed by atoms with E-state index in [1.54, 1.807) is 6.20 Å².